The first-order chi connectivity index (χ1) is 13.9. The maximum Gasteiger partial charge on any atom is 0.266 e. The van der Waals surface area contributed by atoms with Gasteiger partial charge in [-0.1, -0.05) is 35.9 Å². The number of hydrogen-bond donors (Lipinski definition) is 1. The number of carbonyl (C=O) groups excluding carboxylic acids is 2. The maximum atomic E-state index is 12.4. The molecule has 0 saturated carbocycles. The molecule has 144 valence electrons. The van der Waals surface area contributed by atoms with Crippen molar-refractivity contribution in [1.29, 1.82) is 5.26 Å². The fraction of sp³-hybridized carbons (Fsp3) is 0.0455. The second-order valence-electron chi connectivity index (χ2n) is 6.18. The van der Waals surface area contributed by atoms with Crippen molar-refractivity contribution in [2.45, 2.75) is 6.92 Å². The average Bonchev–Trinajstić information content (AvgIpc) is 3.14. The molecule has 1 amide bonds. The molecular weight excluding hydrogens is 392 g/mol. The summed E-state index contributed by atoms with van der Waals surface area (Å²) >= 11 is 5.95. The highest BCUT2D eigenvalue weighted by Crippen LogP contribution is 2.28. The van der Waals surface area contributed by atoms with E-state index in [-0.39, 0.29) is 21.9 Å². The van der Waals surface area contributed by atoms with Gasteiger partial charge >= 0.3 is 0 Å². The normalized spacial score (nSPS) is 11.0. The number of rotatable bonds is 5. The Bertz CT molecular complexity index is 1170. The summed E-state index contributed by atoms with van der Waals surface area (Å²) in [7, 11) is 0. The van der Waals surface area contributed by atoms with Crippen LogP contribution in [-0.2, 0) is 4.79 Å². The quantitative estimate of drug-likeness (QED) is 0.513. The third-order valence-electron chi connectivity index (χ3n) is 4.03. The number of aryl methyl sites for hydroxylation is 1. The lowest BCUT2D eigenvalue weighted by Crippen LogP contribution is -2.22. The Labute approximate surface area is 171 Å². The zero-order valence-electron chi connectivity index (χ0n) is 15.2. The zero-order valence-corrected chi connectivity index (χ0v) is 16.0. The Balaban J connectivity index is 1.82. The molecule has 7 heteroatoms. The Morgan fingerprint density at radius 1 is 1.17 bits per heavy atom. The summed E-state index contributed by atoms with van der Waals surface area (Å²) in [5.74, 6) is -1.24. The number of anilines is 1. The lowest BCUT2D eigenvalue weighted by atomic mass is 10.1. The van der Waals surface area contributed by atoms with Gasteiger partial charge in [0.1, 0.15) is 23.2 Å². The van der Waals surface area contributed by atoms with Gasteiger partial charge in [0.15, 0.2) is 0 Å². The first-order valence-corrected chi connectivity index (χ1v) is 8.86. The van der Waals surface area contributed by atoms with Crippen LogP contribution in [0.4, 0.5) is 5.69 Å². The number of nitrogens with zero attached hydrogens (tertiary/aromatic N) is 1. The van der Waals surface area contributed by atoms with E-state index in [1.807, 2.05) is 19.1 Å². The molecule has 0 aliphatic rings. The van der Waals surface area contributed by atoms with E-state index in [0.717, 1.165) is 5.56 Å². The number of hydrogen-bond acceptors (Lipinski definition) is 5. The average molecular weight is 406 g/mol. The fourth-order valence-corrected chi connectivity index (χ4v) is 2.89. The molecule has 0 atom stereocenters. The van der Waals surface area contributed by atoms with Gasteiger partial charge in [0.05, 0.1) is 11.0 Å². The van der Waals surface area contributed by atoms with Crippen LogP contribution in [0.2, 0.25) is 5.02 Å². The van der Waals surface area contributed by atoms with E-state index in [1.165, 1.54) is 24.3 Å². The van der Waals surface area contributed by atoms with Gasteiger partial charge in [0.25, 0.3) is 5.91 Å². The summed E-state index contributed by atoms with van der Waals surface area (Å²) in [5.41, 5.74) is 1.85. The second-order valence-corrected chi connectivity index (χ2v) is 6.58. The second kappa shape index (κ2) is 8.46. The van der Waals surface area contributed by atoms with Crippen molar-refractivity contribution in [2.24, 2.45) is 0 Å². The molecule has 0 radical (unpaired) electrons. The maximum absolute atomic E-state index is 12.4. The zero-order chi connectivity index (χ0) is 21.0. The van der Waals surface area contributed by atoms with Crippen molar-refractivity contribution in [2.75, 3.05) is 5.32 Å². The van der Waals surface area contributed by atoms with Crippen LogP contribution in [0.25, 0.3) is 17.4 Å². The van der Waals surface area contributed by atoms with Crippen LogP contribution in [0.1, 0.15) is 21.7 Å². The van der Waals surface area contributed by atoms with Gasteiger partial charge in [-0.3, -0.25) is 4.79 Å². The van der Waals surface area contributed by atoms with Gasteiger partial charge in [-0.15, -0.1) is 0 Å². The first kappa shape index (κ1) is 19.9. The van der Waals surface area contributed by atoms with Crippen molar-refractivity contribution in [3.05, 3.63) is 82.1 Å². The Kier molecular flexibility index (Phi) is 5.82. The van der Waals surface area contributed by atoms with Gasteiger partial charge in [0, 0.05) is 22.9 Å². The molecule has 0 fully saturated rings. The van der Waals surface area contributed by atoms with E-state index >= 15 is 0 Å². The van der Waals surface area contributed by atoms with Crippen molar-refractivity contribution < 1.29 is 19.1 Å². The van der Waals surface area contributed by atoms with E-state index in [4.69, 9.17) is 16.0 Å². The number of aromatic carboxylic acids is 1. The fourth-order valence-electron chi connectivity index (χ4n) is 2.63. The minimum absolute atomic E-state index is 0.0197. The lowest BCUT2D eigenvalue weighted by Gasteiger charge is -2.06. The molecule has 2 aromatic carbocycles. The minimum Gasteiger partial charge on any atom is -0.545 e. The predicted octanol–water partition coefficient (Wildman–Crippen LogP) is 3.82. The first-order valence-electron chi connectivity index (χ1n) is 8.48. The molecule has 3 aromatic rings. The molecule has 0 aliphatic heterocycles. The van der Waals surface area contributed by atoms with Crippen LogP contribution in [0, 0.1) is 18.3 Å². The molecule has 0 spiro atoms. The number of furan rings is 1. The molecule has 1 heterocycles. The Morgan fingerprint density at radius 3 is 2.62 bits per heavy atom. The number of benzene rings is 2. The molecule has 3 rings (SSSR count). The van der Waals surface area contributed by atoms with Crippen molar-refractivity contribution in [3.8, 4) is 17.4 Å². The number of carbonyl (C=O) groups is 2. The third-order valence-corrected chi connectivity index (χ3v) is 4.34. The summed E-state index contributed by atoms with van der Waals surface area (Å²) in [6.45, 7) is 1.90. The molecule has 6 nitrogen and oxygen atoms in total. The molecule has 0 saturated heterocycles. The highest BCUT2D eigenvalue weighted by molar-refractivity contribution is 6.33. The molecule has 0 aliphatic carbocycles. The molecule has 0 bridgehead atoms. The van der Waals surface area contributed by atoms with Crippen molar-refractivity contribution in [1.82, 2.24) is 0 Å². The van der Waals surface area contributed by atoms with Gasteiger partial charge < -0.3 is 19.6 Å². The van der Waals surface area contributed by atoms with Gasteiger partial charge in [0.2, 0.25) is 0 Å². The van der Waals surface area contributed by atoms with Crippen molar-refractivity contribution in [3.63, 3.8) is 0 Å². The third kappa shape index (κ3) is 4.72. The summed E-state index contributed by atoms with van der Waals surface area (Å²) in [6, 6.07) is 16.6. The number of nitriles is 1. The number of amides is 1. The number of carboxylic acid groups (broad SMARTS) is 1. The summed E-state index contributed by atoms with van der Waals surface area (Å²) in [6.07, 6.45) is 1.33. The largest absolute Gasteiger partial charge is 0.545 e. The van der Waals surface area contributed by atoms with E-state index < -0.39 is 11.9 Å². The Hall–Kier alpha value is -3.82. The standard InChI is InChI=1S/C22H15ClN2O4/c1-13-3-2-4-16(9-13)25-21(26)15(12-24)10-17-6-8-20(29-17)14-5-7-18(22(27)28)19(23)11-14/h2-11H,1H3,(H,25,26)(H,27,28)/p-1/b15-10+. The van der Waals surface area contributed by atoms with Crippen LogP contribution in [-0.4, -0.2) is 11.9 Å². The predicted molar refractivity (Wildman–Crippen MR) is 107 cm³/mol. The van der Waals surface area contributed by atoms with Crippen molar-refractivity contribution >= 4 is 35.2 Å². The van der Waals surface area contributed by atoms with Gasteiger partial charge in [-0.05, 0) is 42.8 Å². The minimum atomic E-state index is -1.37. The molecule has 29 heavy (non-hydrogen) atoms. The topological polar surface area (TPSA) is 106 Å². The number of halogens is 1. The van der Waals surface area contributed by atoms with Crippen LogP contribution in [0.3, 0.4) is 0 Å². The van der Waals surface area contributed by atoms with E-state index in [0.29, 0.717) is 17.0 Å². The smallest absolute Gasteiger partial charge is 0.266 e. The summed E-state index contributed by atoms with van der Waals surface area (Å²) in [5, 5.41) is 23.0. The van der Waals surface area contributed by atoms with Crippen LogP contribution < -0.4 is 10.4 Å². The SMILES string of the molecule is Cc1cccc(NC(=O)/C(C#N)=C/c2ccc(-c3ccc(C(=O)[O-])c(Cl)c3)o2)c1. The van der Waals surface area contributed by atoms with Gasteiger partial charge in [-0.25, -0.2) is 0 Å². The van der Waals surface area contributed by atoms with Crippen LogP contribution in [0.15, 0.2) is 64.6 Å². The monoisotopic (exact) mass is 405 g/mol. The number of carboxylic acids is 1. The van der Waals surface area contributed by atoms with E-state index in [2.05, 4.69) is 5.32 Å². The summed E-state index contributed by atoms with van der Waals surface area (Å²) < 4.78 is 5.65. The van der Waals surface area contributed by atoms with Crippen LogP contribution >= 0.6 is 11.6 Å². The highest BCUT2D eigenvalue weighted by atomic mass is 35.5. The molecule has 0 unspecified atom stereocenters. The molecule has 1 N–H and O–H groups in total. The highest BCUT2D eigenvalue weighted by Gasteiger charge is 2.12. The van der Waals surface area contributed by atoms with E-state index in [1.54, 1.807) is 30.3 Å². The van der Waals surface area contributed by atoms with Crippen LogP contribution in [0.5, 0.6) is 0 Å². The summed E-state index contributed by atoms with van der Waals surface area (Å²) in [4.78, 5) is 23.3. The molecular formula is C22H14ClN2O4-. The van der Waals surface area contributed by atoms with E-state index in [9.17, 15) is 20.0 Å². The Morgan fingerprint density at radius 2 is 1.97 bits per heavy atom. The lowest BCUT2D eigenvalue weighted by molar-refractivity contribution is -0.255. The molecule has 1 aromatic heterocycles. The number of nitrogens with one attached hydrogen (secondary N) is 1. The van der Waals surface area contributed by atoms with Gasteiger partial charge in [-0.2, -0.15) is 5.26 Å².